The van der Waals surface area contributed by atoms with Gasteiger partial charge in [-0.1, -0.05) is 0 Å². The van der Waals surface area contributed by atoms with Crippen LogP contribution in [0.2, 0.25) is 17.7 Å². The van der Waals surface area contributed by atoms with E-state index >= 15 is 0 Å². The Kier molecular flexibility index (Phi) is 15.2. The molecule has 0 radical (unpaired) electrons. The van der Waals surface area contributed by atoms with Gasteiger partial charge < -0.3 is 0 Å². The van der Waals surface area contributed by atoms with Gasteiger partial charge in [0.05, 0.1) is 0 Å². The number of ether oxygens (including phenoxy) is 4. The van der Waals surface area contributed by atoms with Gasteiger partial charge in [0.1, 0.15) is 0 Å². The monoisotopic (exact) mass is 644 g/mol. The minimum absolute atomic E-state index is 0.188. The Bertz CT molecular complexity index is 898. The molecule has 0 bridgehead atoms. The van der Waals surface area contributed by atoms with Crippen molar-refractivity contribution in [1.29, 1.82) is 0 Å². The fourth-order valence-corrected chi connectivity index (χ4v) is 20.8. The molecule has 4 atom stereocenters. The minimum atomic E-state index is -2.27. The molecule has 0 unspecified atom stereocenters. The molecule has 0 amide bonds. The van der Waals surface area contributed by atoms with E-state index in [1.807, 2.05) is 24.3 Å². The number of methoxy groups -OCH3 is 1. The molecule has 39 heavy (non-hydrogen) atoms. The standard InChI is InChI=1S/C22H25O4.3C4H9.Sn/c1-3-10-19-20(24-15-17-11-6-4-7-12-17)21(22(23-2)26-19)25-16-18-13-8-5-9-14-18;3*1-3-4-2;/h3-14,19-22H,1,15-16H2,2H3;3*1,3-4H2,2H3;/b10-3+;;;;/t19-,20+,21+,22+;;;;/m0..../s1. The van der Waals surface area contributed by atoms with E-state index in [4.69, 9.17) is 18.9 Å². The molecule has 2 aromatic rings. The molecule has 0 spiro atoms. The molecular weight excluding hydrogens is 591 g/mol. The molecule has 5 heteroatoms. The first-order chi connectivity index (χ1) is 19.1. The molecule has 0 aliphatic carbocycles. The summed E-state index contributed by atoms with van der Waals surface area (Å²) in [5, 5.41) is 0. The van der Waals surface area contributed by atoms with E-state index in [9.17, 15) is 0 Å². The van der Waals surface area contributed by atoms with Crippen LogP contribution in [0.25, 0.3) is 0 Å². The molecule has 0 aromatic heterocycles. The van der Waals surface area contributed by atoms with Crippen LogP contribution in [0.1, 0.15) is 70.4 Å². The summed E-state index contributed by atoms with van der Waals surface area (Å²) in [6.07, 6.45) is 11.6. The Labute approximate surface area is 242 Å². The molecule has 1 aliphatic heterocycles. The predicted octanol–water partition coefficient (Wildman–Crippen LogP) is 8.93. The number of allylic oxidation sites excluding steroid dienone is 1. The first kappa shape index (κ1) is 32.3. The Hall–Kier alpha value is -1.18. The van der Waals surface area contributed by atoms with Crippen molar-refractivity contribution >= 4 is 18.4 Å². The molecule has 2 aromatic carbocycles. The summed E-state index contributed by atoms with van der Waals surface area (Å²) < 4.78 is 31.0. The molecule has 0 N–H and O–H groups in total. The Balaban J connectivity index is 1.77. The van der Waals surface area contributed by atoms with Crippen LogP contribution in [0.4, 0.5) is 0 Å². The molecule has 1 aliphatic rings. The van der Waals surface area contributed by atoms with E-state index in [1.165, 1.54) is 56.3 Å². The van der Waals surface area contributed by atoms with Crippen molar-refractivity contribution in [3.05, 3.63) is 83.9 Å². The van der Waals surface area contributed by atoms with Gasteiger partial charge in [0.25, 0.3) is 0 Å². The van der Waals surface area contributed by atoms with Crippen molar-refractivity contribution in [1.82, 2.24) is 0 Å². The van der Waals surface area contributed by atoms with Crippen LogP contribution in [0.5, 0.6) is 0 Å². The van der Waals surface area contributed by atoms with Crippen molar-refractivity contribution in [3.63, 3.8) is 0 Å². The van der Waals surface area contributed by atoms with E-state index in [0.717, 1.165) is 11.1 Å². The zero-order chi connectivity index (χ0) is 27.8. The van der Waals surface area contributed by atoms with E-state index in [2.05, 4.69) is 69.3 Å². The predicted molar refractivity (Wildman–Crippen MR) is 165 cm³/mol. The average Bonchev–Trinajstić information content (AvgIpc) is 3.32. The zero-order valence-corrected chi connectivity index (χ0v) is 27.7. The Morgan fingerprint density at radius 2 is 1.21 bits per heavy atom. The van der Waals surface area contributed by atoms with Crippen LogP contribution in [0, 0.1) is 0 Å². The van der Waals surface area contributed by atoms with Crippen LogP contribution < -0.4 is 0 Å². The van der Waals surface area contributed by atoms with Gasteiger partial charge in [-0.05, 0) is 0 Å². The number of unbranched alkanes of at least 4 members (excludes halogenated alkanes) is 3. The summed E-state index contributed by atoms with van der Waals surface area (Å²) in [5.41, 5.74) is 2.28. The van der Waals surface area contributed by atoms with E-state index in [1.54, 1.807) is 7.11 Å². The number of rotatable bonds is 19. The van der Waals surface area contributed by atoms with Crippen molar-refractivity contribution in [3.8, 4) is 0 Å². The Morgan fingerprint density at radius 3 is 1.67 bits per heavy atom. The summed E-state index contributed by atoms with van der Waals surface area (Å²) in [4.78, 5) is 0. The summed E-state index contributed by atoms with van der Waals surface area (Å²) in [5.74, 6) is 0. The topological polar surface area (TPSA) is 36.9 Å². The molecule has 1 fully saturated rings. The van der Waals surface area contributed by atoms with Gasteiger partial charge in [0.2, 0.25) is 0 Å². The second-order valence-electron chi connectivity index (χ2n) is 11.2. The second kappa shape index (κ2) is 18.3. The van der Waals surface area contributed by atoms with Gasteiger partial charge in [-0.2, -0.15) is 0 Å². The van der Waals surface area contributed by atoms with Gasteiger partial charge >= 0.3 is 243 Å². The van der Waals surface area contributed by atoms with Gasteiger partial charge in [-0.3, -0.25) is 0 Å². The van der Waals surface area contributed by atoms with Crippen molar-refractivity contribution in [2.45, 2.75) is 115 Å². The van der Waals surface area contributed by atoms with Crippen molar-refractivity contribution in [2.75, 3.05) is 7.11 Å². The summed E-state index contributed by atoms with van der Waals surface area (Å²) in [6.45, 7) is 8.04. The molecular formula is C34H52O4Sn. The summed E-state index contributed by atoms with van der Waals surface area (Å²) in [6, 6.07) is 20.6. The molecule has 1 heterocycles. The van der Waals surface area contributed by atoms with Crippen LogP contribution in [0.3, 0.4) is 0 Å². The van der Waals surface area contributed by atoms with Crippen LogP contribution in [-0.2, 0) is 32.2 Å². The van der Waals surface area contributed by atoms with E-state index in [0.29, 0.717) is 13.2 Å². The van der Waals surface area contributed by atoms with Crippen LogP contribution >= 0.6 is 0 Å². The average molecular weight is 643 g/mol. The van der Waals surface area contributed by atoms with Gasteiger partial charge in [0.15, 0.2) is 0 Å². The van der Waals surface area contributed by atoms with Crippen molar-refractivity contribution < 1.29 is 18.9 Å². The maximum atomic E-state index is 6.55. The fourth-order valence-electron chi connectivity index (χ4n) is 5.68. The number of hydrogen-bond donors (Lipinski definition) is 0. The Morgan fingerprint density at radius 1 is 0.718 bits per heavy atom. The number of benzene rings is 2. The first-order valence-corrected chi connectivity index (χ1v) is 23.4. The molecule has 1 saturated heterocycles. The molecule has 4 nitrogen and oxygen atoms in total. The third kappa shape index (κ3) is 10.6. The SMILES string of the molecule is CCC[CH2][Sn]([CH2]/C=C/[C@@H]1O[C@@H](OC)[C@H](OCc2ccccc2)[C@@H]1OCc1ccccc1)([CH2]CCC)[CH2]CCC. The van der Waals surface area contributed by atoms with Crippen LogP contribution in [0.15, 0.2) is 72.8 Å². The fraction of sp³-hybridized carbons (Fsp3) is 0.588. The van der Waals surface area contributed by atoms with Gasteiger partial charge in [-0.15, -0.1) is 0 Å². The van der Waals surface area contributed by atoms with Gasteiger partial charge in [-0.25, -0.2) is 0 Å². The summed E-state index contributed by atoms with van der Waals surface area (Å²) >= 11 is -2.27. The normalized spacial score (nSPS) is 21.6. The zero-order valence-electron chi connectivity index (χ0n) is 24.9. The summed E-state index contributed by atoms with van der Waals surface area (Å²) in [7, 11) is 1.70. The quantitative estimate of drug-likeness (QED) is 0.113. The first-order valence-electron chi connectivity index (χ1n) is 15.3. The second-order valence-corrected chi connectivity index (χ2v) is 25.2. The third-order valence-corrected chi connectivity index (χ3v) is 23.3. The molecule has 3 rings (SSSR count). The van der Waals surface area contributed by atoms with E-state index in [-0.39, 0.29) is 18.3 Å². The number of hydrogen-bond acceptors (Lipinski definition) is 4. The van der Waals surface area contributed by atoms with E-state index < -0.39 is 24.7 Å². The third-order valence-electron chi connectivity index (χ3n) is 8.07. The van der Waals surface area contributed by atoms with Crippen LogP contribution in [-0.4, -0.2) is 50.1 Å². The molecule has 216 valence electrons. The van der Waals surface area contributed by atoms with Gasteiger partial charge in [0, 0.05) is 0 Å². The van der Waals surface area contributed by atoms with Crippen molar-refractivity contribution in [2.24, 2.45) is 0 Å². The molecule has 0 saturated carbocycles. The maximum absolute atomic E-state index is 6.55.